The van der Waals surface area contributed by atoms with Crippen LogP contribution in [0.3, 0.4) is 0 Å². The van der Waals surface area contributed by atoms with Crippen molar-refractivity contribution in [2.45, 2.75) is 25.4 Å². The molecular formula is C22H24N8O. The lowest BCUT2D eigenvalue weighted by molar-refractivity contribution is -0.114. The number of anilines is 4. The first-order valence-electron chi connectivity index (χ1n) is 10.3. The van der Waals surface area contributed by atoms with Gasteiger partial charge in [-0.15, -0.1) is 0 Å². The molecule has 3 aromatic heterocycles. The number of aromatic nitrogens is 4. The number of nitrogens with zero attached hydrogens (tertiary/aromatic N) is 6. The number of nitrogens with one attached hydrogen (secondary N) is 2. The second-order valence-electron chi connectivity index (χ2n) is 8.04. The number of piperazine rings is 1. The lowest BCUT2D eigenvalue weighted by Crippen LogP contribution is -2.44. The van der Waals surface area contributed by atoms with E-state index in [4.69, 9.17) is 0 Å². The summed E-state index contributed by atoms with van der Waals surface area (Å²) in [6.45, 7) is 3.60. The fraction of sp³-hybridized carbons (Fsp3) is 0.318. The molecule has 2 aliphatic heterocycles. The van der Waals surface area contributed by atoms with Crippen molar-refractivity contribution in [2.75, 3.05) is 35.7 Å². The van der Waals surface area contributed by atoms with Crippen molar-refractivity contribution in [1.82, 2.24) is 24.8 Å². The van der Waals surface area contributed by atoms with Gasteiger partial charge in [0.1, 0.15) is 11.6 Å². The van der Waals surface area contributed by atoms with E-state index in [1.807, 2.05) is 24.4 Å². The molecule has 31 heavy (non-hydrogen) atoms. The molecule has 5 heterocycles. The number of hydrogen-bond donors (Lipinski definition) is 2. The molecule has 0 aromatic carbocycles. The largest absolute Gasteiger partial charge is 0.351 e. The van der Waals surface area contributed by atoms with E-state index in [1.54, 1.807) is 18.5 Å². The zero-order valence-corrected chi connectivity index (χ0v) is 17.5. The summed E-state index contributed by atoms with van der Waals surface area (Å²) in [7, 11) is 2.20. The van der Waals surface area contributed by atoms with Gasteiger partial charge in [-0.2, -0.15) is 0 Å². The highest BCUT2D eigenvalue weighted by Gasteiger charge is 2.41. The summed E-state index contributed by atoms with van der Waals surface area (Å²) in [5.74, 6) is 1.86. The van der Waals surface area contributed by atoms with Gasteiger partial charge in [-0.25, -0.2) is 19.9 Å². The highest BCUT2D eigenvalue weighted by atomic mass is 16.1. The first-order valence-corrected chi connectivity index (χ1v) is 10.3. The van der Waals surface area contributed by atoms with E-state index >= 15 is 0 Å². The molecule has 0 spiro atoms. The maximum absolute atomic E-state index is 11.1. The van der Waals surface area contributed by atoms with Gasteiger partial charge in [-0.05, 0) is 43.8 Å². The molecule has 0 radical (unpaired) electrons. The number of likely N-dealkylation sites (N-methyl/N-ethyl adjacent to an activating group) is 1. The van der Waals surface area contributed by atoms with Crippen LogP contribution in [0, 0.1) is 0 Å². The summed E-state index contributed by atoms with van der Waals surface area (Å²) >= 11 is 0. The van der Waals surface area contributed by atoms with E-state index in [0.717, 1.165) is 35.9 Å². The van der Waals surface area contributed by atoms with Crippen LogP contribution >= 0.6 is 0 Å². The quantitative estimate of drug-likeness (QED) is 0.655. The molecule has 2 fully saturated rings. The summed E-state index contributed by atoms with van der Waals surface area (Å²) in [5, 5.41) is 5.88. The zero-order chi connectivity index (χ0) is 21.4. The van der Waals surface area contributed by atoms with Crippen LogP contribution in [-0.2, 0) is 4.79 Å². The topological polar surface area (TPSA) is 99.2 Å². The lowest BCUT2D eigenvalue weighted by Gasteiger charge is -2.32. The number of hydrogen-bond acceptors (Lipinski definition) is 8. The second kappa shape index (κ2) is 7.92. The van der Waals surface area contributed by atoms with Gasteiger partial charge in [0.2, 0.25) is 11.9 Å². The molecule has 5 rings (SSSR count). The summed E-state index contributed by atoms with van der Waals surface area (Å²) in [6, 6.07) is 10.7. The SMILES string of the molecule is CC(=O)Nc1ccc(-c2ccnc(Nc3ccc(N4C[C@@H]5C[C@H]4CN5C)nc3)n2)cn1. The summed E-state index contributed by atoms with van der Waals surface area (Å²) in [6.07, 6.45) is 6.42. The van der Waals surface area contributed by atoms with Crippen LogP contribution in [-0.4, -0.2) is 63.0 Å². The number of amides is 1. The Labute approximate surface area is 180 Å². The highest BCUT2D eigenvalue weighted by molar-refractivity contribution is 5.87. The van der Waals surface area contributed by atoms with Crippen molar-refractivity contribution in [3.63, 3.8) is 0 Å². The molecule has 0 aliphatic carbocycles. The van der Waals surface area contributed by atoms with Crippen molar-refractivity contribution in [3.05, 3.63) is 48.9 Å². The number of rotatable bonds is 5. The van der Waals surface area contributed by atoms with Crippen LogP contribution in [0.1, 0.15) is 13.3 Å². The Kier molecular flexibility index (Phi) is 4.95. The van der Waals surface area contributed by atoms with Crippen molar-refractivity contribution in [3.8, 4) is 11.3 Å². The molecule has 158 valence electrons. The third kappa shape index (κ3) is 4.04. The Morgan fingerprint density at radius 3 is 2.58 bits per heavy atom. The zero-order valence-electron chi connectivity index (χ0n) is 17.5. The average molecular weight is 416 g/mol. The molecule has 0 saturated carbocycles. The van der Waals surface area contributed by atoms with E-state index in [9.17, 15) is 4.79 Å². The summed E-state index contributed by atoms with van der Waals surface area (Å²) in [5.41, 5.74) is 2.41. The summed E-state index contributed by atoms with van der Waals surface area (Å²) in [4.78, 5) is 33.8. The van der Waals surface area contributed by atoms with Crippen molar-refractivity contribution >= 4 is 29.2 Å². The van der Waals surface area contributed by atoms with Crippen molar-refractivity contribution in [2.24, 2.45) is 0 Å². The van der Waals surface area contributed by atoms with Gasteiger partial charge >= 0.3 is 0 Å². The first kappa shape index (κ1) is 19.4. The van der Waals surface area contributed by atoms with Crippen LogP contribution in [0.25, 0.3) is 11.3 Å². The molecular weight excluding hydrogens is 392 g/mol. The Morgan fingerprint density at radius 2 is 1.94 bits per heavy atom. The van der Waals surface area contributed by atoms with Crippen LogP contribution in [0.15, 0.2) is 48.9 Å². The van der Waals surface area contributed by atoms with E-state index in [2.05, 4.69) is 53.5 Å². The van der Waals surface area contributed by atoms with Gasteiger partial charge in [0.15, 0.2) is 0 Å². The summed E-state index contributed by atoms with van der Waals surface area (Å²) < 4.78 is 0. The highest BCUT2D eigenvalue weighted by Crippen LogP contribution is 2.33. The monoisotopic (exact) mass is 416 g/mol. The molecule has 0 unspecified atom stereocenters. The minimum atomic E-state index is -0.155. The predicted octanol–water partition coefficient (Wildman–Crippen LogP) is 2.53. The molecule has 9 nitrogen and oxygen atoms in total. The molecule has 2 aliphatic rings. The number of pyridine rings is 2. The van der Waals surface area contributed by atoms with E-state index in [0.29, 0.717) is 23.8 Å². The molecule has 9 heteroatoms. The van der Waals surface area contributed by atoms with Crippen molar-refractivity contribution < 1.29 is 4.79 Å². The van der Waals surface area contributed by atoms with Crippen LogP contribution in [0.2, 0.25) is 0 Å². The maximum Gasteiger partial charge on any atom is 0.227 e. The number of likely N-dealkylation sites (tertiary alicyclic amines) is 1. The molecule has 2 N–H and O–H groups in total. The number of carbonyl (C=O) groups is 1. The minimum Gasteiger partial charge on any atom is -0.351 e. The smallest absolute Gasteiger partial charge is 0.227 e. The second-order valence-corrected chi connectivity index (χ2v) is 8.04. The van der Waals surface area contributed by atoms with Gasteiger partial charge in [0, 0.05) is 50.1 Å². The van der Waals surface area contributed by atoms with Gasteiger partial charge < -0.3 is 15.5 Å². The van der Waals surface area contributed by atoms with Gasteiger partial charge in [-0.1, -0.05) is 0 Å². The van der Waals surface area contributed by atoms with Gasteiger partial charge in [0.05, 0.1) is 17.6 Å². The normalized spacial score (nSPS) is 20.1. The molecule has 3 aromatic rings. The average Bonchev–Trinajstić information content (AvgIpc) is 3.34. The Hall–Kier alpha value is -3.59. The number of carbonyl (C=O) groups excluding carboxylic acids is 1. The first-order chi connectivity index (χ1) is 15.0. The predicted molar refractivity (Wildman–Crippen MR) is 119 cm³/mol. The molecule has 2 bridgehead atoms. The maximum atomic E-state index is 11.1. The third-order valence-corrected chi connectivity index (χ3v) is 5.83. The fourth-order valence-electron chi connectivity index (χ4n) is 4.28. The standard InChI is InChI=1S/C22H24N8O/c1-14(31)26-20-5-3-15(10-24-20)19-7-8-23-22(28-19)27-16-4-6-21(25-11-16)30-13-17-9-18(30)12-29(17)2/h3-8,10-11,17-18H,9,12-13H2,1-2H3,(H,23,27,28)(H,24,26,31)/t17-,18-/m0/s1. The minimum absolute atomic E-state index is 0.155. The fourth-order valence-corrected chi connectivity index (χ4v) is 4.28. The van der Waals surface area contributed by atoms with Crippen molar-refractivity contribution in [1.29, 1.82) is 0 Å². The van der Waals surface area contributed by atoms with Crippen LogP contribution in [0.5, 0.6) is 0 Å². The van der Waals surface area contributed by atoms with Crippen LogP contribution in [0.4, 0.5) is 23.3 Å². The Bertz CT molecular complexity index is 1080. The number of fused-ring (bicyclic) bond motifs is 2. The van der Waals surface area contributed by atoms with Gasteiger partial charge in [0.25, 0.3) is 0 Å². The van der Waals surface area contributed by atoms with Crippen LogP contribution < -0.4 is 15.5 Å². The van der Waals surface area contributed by atoms with Gasteiger partial charge in [-0.3, -0.25) is 9.69 Å². The van der Waals surface area contributed by atoms with E-state index in [1.165, 1.54) is 13.3 Å². The molecule has 2 atom stereocenters. The van der Waals surface area contributed by atoms with E-state index in [-0.39, 0.29) is 5.91 Å². The molecule has 1 amide bonds. The Balaban J connectivity index is 1.27. The molecule has 2 saturated heterocycles. The lowest BCUT2D eigenvalue weighted by atomic mass is 10.2. The third-order valence-electron chi connectivity index (χ3n) is 5.83. The van der Waals surface area contributed by atoms with E-state index < -0.39 is 0 Å². The Morgan fingerprint density at radius 1 is 1.03 bits per heavy atom.